The molecule has 2 atom stereocenters. The van der Waals surface area contributed by atoms with Crippen LogP contribution in [-0.4, -0.2) is 41.2 Å². The maximum absolute atomic E-state index is 12.8. The summed E-state index contributed by atoms with van der Waals surface area (Å²) in [6, 6.07) is 5.35. The molecule has 1 saturated heterocycles. The number of nitrogens with zero attached hydrogens (tertiary/aromatic N) is 1. The van der Waals surface area contributed by atoms with Gasteiger partial charge in [-0.3, -0.25) is 4.79 Å². The molecule has 0 bridgehead atoms. The van der Waals surface area contributed by atoms with Gasteiger partial charge in [0.2, 0.25) is 0 Å². The molecule has 1 saturated carbocycles. The van der Waals surface area contributed by atoms with Gasteiger partial charge in [-0.1, -0.05) is 26.2 Å². The molecule has 31 heavy (non-hydrogen) atoms. The first-order valence-corrected chi connectivity index (χ1v) is 11.6. The first-order chi connectivity index (χ1) is 14.9. The molecule has 1 aromatic carbocycles. The topological polar surface area (TPSA) is 80.0 Å². The molecule has 6 nitrogen and oxygen atoms in total. The van der Waals surface area contributed by atoms with Crippen molar-refractivity contribution in [2.75, 3.05) is 19.7 Å². The van der Waals surface area contributed by atoms with Gasteiger partial charge in [0.1, 0.15) is 11.3 Å². The third-order valence-electron chi connectivity index (χ3n) is 7.13. The number of carbonyl (C=O) groups is 1. The fourth-order valence-corrected chi connectivity index (χ4v) is 5.17. The predicted molar refractivity (Wildman–Crippen MR) is 119 cm³/mol. The fourth-order valence-electron chi connectivity index (χ4n) is 5.17. The van der Waals surface area contributed by atoms with Gasteiger partial charge < -0.3 is 19.2 Å². The average Bonchev–Trinajstić information content (AvgIpc) is 2.76. The quantitative estimate of drug-likeness (QED) is 0.706. The van der Waals surface area contributed by atoms with Crippen LogP contribution in [0.15, 0.2) is 27.4 Å². The van der Waals surface area contributed by atoms with Gasteiger partial charge >= 0.3 is 5.63 Å². The largest absolute Gasteiger partial charge is 0.483 e. The Kier molecular flexibility index (Phi) is 6.37. The van der Waals surface area contributed by atoms with Crippen molar-refractivity contribution < 1.29 is 19.1 Å². The number of benzene rings is 1. The van der Waals surface area contributed by atoms with Crippen LogP contribution in [0.3, 0.4) is 0 Å². The molecule has 0 spiro atoms. The van der Waals surface area contributed by atoms with Crippen LogP contribution in [0, 0.1) is 12.8 Å². The Morgan fingerprint density at radius 1 is 1.32 bits per heavy atom. The Balaban J connectivity index is 1.46. The summed E-state index contributed by atoms with van der Waals surface area (Å²) in [4.78, 5) is 26.7. The van der Waals surface area contributed by atoms with Crippen LogP contribution in [0.25, 0.3) is 11.0 Å². The van der Waals surface area contributed by atoms with Gasteiger partial charge in [0.05, 0.1) is 5.60 Å². The third-order valence-corrected chi connectivity index (χ3v) is 7.13. The van der Waals surface area contributed by atoms with E-state index in [-0.39, 0.29) is 24.1 Å². The van der Waals surface area contributed by atoms with E-state index in [1.807, 2.05) is 24.0 Å². The average molecular weight is 428 g/mol. The van der Waals surface area contributed by atoms with Crippen molar-refractivity contribution >= 4 is 16.9 Å². The zero-order chi connectivity index (χ0) is 22.0. The Hall–Kier alpha value is -2.34. The monoisotopic (exact) mass is 427 g/mol. The fraction of sp³-hybridized carbons (Fsp3) is 0.600. The minimum atomic E-state index is -0.599. The number of fused-ring (bicyclic) bond motifs is 2. The van der Waals surface area contributed by atoms with Gasteiger partial charge in [-0.2, -0.15) is 0 Å². The molecular formula is C25H33NO5. The SMILES string of the molecule is CCCCc1cc(=O)oc2c(C)c(OCC(=O)N3CC[C@@]4(O)CCCC[C@@H]4C3)ccc12. The molecule has 0 radical (unpaired) electrons. The molecule has 1 aromatic heterocycles. The number of rotatable bonds is 6. The summed E-state index contributed by atoms with van der Waals surface area (Å²) >= 11 is 0. The van der Waals surface area contributed by atoms with E-state index in [4.69, 9.17) is 9.15 Å². The number of ether oxygens (including phenoxy) is 1. The van der Waals surface area contributed by atoms with Crippen LogP contribution in [0.2, 0.25) is 0 Å². The third kappa shape index (κ3) is 4.49. The van der Waals surface area contributed by atoms with E-state index in [0.717, 1.165) is 61.5 Å². The zero-order valence-electron chi connectivity index (χ0n) is 18.6. The molecular weight excluding hydrogens is 394 g/mol. The zero-order valence-corrected chi connectivity index (χ0v) is 18.6. The summed E-state index contributed by atoms with van der Waals surface area (Å²) in [6.07, 6.45) is 7.55. The molecule has 2 fully saturated rings. The summed E-state index contributed by atoms with van der Waals surface area (Å²) in [5.41, 5.74) is 1.31. The highest BCUT2D eigenvalue weighted by Crippen LogP contribution is 2.39. The minimum absolute atomic E-state index is 0.0583. The molecule has 1 aliphatic carbocycles. The number of likely N-dealkylation sites (tertiary alicyclic amines) is 1. The Bertz CT molecular complexity index is 1010. The van der Waals surface area contributed by atoms with E-state index >= 15 is 0 Å². The molecule has 4 rings (SSSR count). The summed E-state index contributed by atoms with van der Waals surface area (Å²) in [7, 11) is 0. The first-order valence-electron chi connectivity index (χ1n) is 11.6. The number of hydrogen-bond donors (Lipinski definition) is 1. The highest BCUT2D eigenvalue weighted by molar-refractivity contribution is 5.85. The van der Waals surface area contributed by atoms with Gasteiger partial charge in [0, 0.05) is 36.0 Å². The molecule has 1 N–H and O–H groups in total. The predicted octanol–water partition coefficient (Wildman–Crippen LogP) is 3.98. The molecule has 2 aliphatic rings. The molecule has 2 aromatic rings. The summed E-state index contributed by atoms with van der Waals surface area (Å²) in [5.74, 6) is 0.658. The van der Waals surface area contributed by atoms with Crippen molar-refractivity contribution in [3.63, 3.8) is 0 Å². The van der Waals surface area contributed by atoms with E-state index in [0.29, 0.717) is 30.8 Å². The highest BCUT2D eigenvalue weighted by atomic mass is 16.5. The molecule has 6 heteroatoms. The molecule has 0 unspecified atom stereocenters. The van der Waals surface area contributed by atoms with E-state index in [1.54, 1.807) is 6.07 Å². The van der Waals surface area contributed by atoms with Gasteiger partial charge in [-0.25, -0.2) is 4.79 Å². The highest BCUT2D eigenvalue weighted by Gasteiger charge is 2.43. The summed E-state index contributed by atoms with van der Waals surface area (Å²) < 4.78 is 11.4. The van der Waals surface area contributed by atoms with Crippen LogP contribution >= 0.6 is 0 Å². The van der Waals surface area contributed by atoms with E-state index in [2.05, 4.69) is 6.92 Å². The Labute approximate surface area is 183 Å². The second-order valence-electron chi connectivity index (χ2n) is 9.18. The lowest BCUT2D eigenvalue weighted by molar-refractivity contribution is -0.145. The van der Waals surface area contributed by atoms with Crippen LogP contribution in [-0.2, 0) is 11.2 Å². The first kappa shape index (κ1) is 21.9. The Morgan fingerprint density at radius 3 is 2.97 bits per heavy atom. The van der Waals surface area contributed by atoms with Gasteiger partial charge in [-0.05, 0) is 56.7 Å². The number of aliphatic hydroxyl groups is 1. The van der Waals surface area contributed by atoms with Crippen LogP contribution < -0.4 is 10.4 Å². The van der Waals surface area contributed by atoms with Crippen molar-refractivity contribution in [1.29, 1.82) is 0 Å². The molecule has 1 aliphatic heterocycles. The van der Waals surface area contributed by atoms with Crippen LogP contribution in [0.1, 0.15) is 63.0 Å². The normalized spacial score (nSPS) is 23.6. The lowest BCUT2D eigenvalue weighted by atomic mass is 9.71. The smallest absolute Gasteiger partial charge is 0.336 e. The minimum Gasteiger partial charge on any atom is -0.483 e. The van der Waals surface area contributed by atoms with Crippen molar-refractivity contribution in [2.45, 2.75) is 70.8 Å². The van der Waals surface area contributed by atoms with Gasteiger partial charge in [-0.15, -0.1) is 0 Å². The maximum atomic E-state index is 12.8. The van der Waals surface area contributed by atoms with Crippen molar-refractivity contribution in [2.24, 2.45) is 5.92 Å². The van der Waals surface area contributed by atoms with E-state index in [1.165, 1.54) is 0 Å². The number of carbonyl (C=O) groups excluding carboxylic acids is 1. The second kappa shape index (κ2) is 9.03. The lowest BCUT2D eigenvalue weighted by Gasteiger charge is -2.47. The lowest BCUT2D eigenvalue weighted by Crippen LogP contribution is -2.55. The number of piperidine rings is 1. The summed E-state index contributed by atoms with van der Waals surface area (Å²) in [6.45, 7) is 5.10. The van der Waals surface area contributed by atoms with Crippen LogP contribution in [0.5, 0.6) is 5.75 Å². The van der Waals surface area contributed by atoms with Gasteiger partial charge in [0.15, 0.2) is 6.61 Å². The van der Waals surface area contributed by atoms with E-state index < -0.39 is 5.60 Å². The van der Waals surface area contributed by atoms with E-state index in [9.17, 15) is 14.7 Å². The van der Waals surface area contributed by atoms with Crippen LogP contribution in [0.4, 0.5) is 0 Å². The van der Waals surface area contributed by atoms with Crippen molar-refractivity contribution in [3.05, 3.63) is 39.7 Å². The number of aryl methyl sites for hydroxylation is 2. The number of amides is 1. The second-order valence-corrected chi connectivity index (χ2v) is 9.18. The van der Waals surface area contributed by atoms with Crippen molar-refractivity contribution in [1.82, 2.24) is 4.90 Å². The number of hydrogen-bond acceptors (Lipinski definition) is 5. The molecule has 1 amide bonds. The standard InChI is InChI=1S/C25H33NO5/c1-3-4-7-18-14-23(28)31-24-17(2)21(10-9-20(18)24)30-16-22(27)26-13-12-25(29)11-6-5-8-19(25)15-26/h9-10,14,19,29H,3-8,11-13,15-16H2,1-2H3/t19-,25+/m1/s1. The summed E-state index contributed by atoms with van der Waals surface area (Å²) in [5, 5.41) is 11.8. The van der Waals surface area contributed by atoms with Gasteiger partial charge in [0.25, 0.3) is 5.91 Å². The molecule has 168 valence electrons. The Morgan fingerprint density at radius 2 is 2.16 bits per heavy atom. The molecule has 2 heterocycles. The number of unbranched alkanes of at least 4 members (excludes halogenated alkanes) is 1. The van der Waals surface area contributed by atoms with Crippen molar-refractivity contribution in [3.8, 4) is 5.75 Å². The maximum Gasteiger partial charge on any atom is 0.336 e.